The van der Waals surface area contributed by atoms with Crippen LogP contribution in [0.2, 0.25) is 0 Å². The summed E-state index contributed by atoms with van der Waals surface area (Å²) < 4.78 is 8.13. The van der Waals surface area contributed by atoms with Crippen LogP contribution in [0.15, 0.2) is 4.47 Å². The number of aryl methyl sites for hydroxylation is 2. The molecule has 0 fully saturated rings. The highest BCUT2D eigenvalue weighted by Gasteiger charge is 2.19. The number of hydrogen-bond donors (Lipinski definition) is 1. The van der Waals surface area contributed by atoms with E-state index < -0.39 is 6.10 Å². The first-order chi connectivity index (χ1) is 7.47. The number of nitrogens with zero attached hydrogens (tertiary/aromatic N) is 2. The van der Waals surface area contributed by atoms with Gasteiger partial charge in [0, 0.05) is 20.1 Å². The Morgan fingerprint density at radius 2 is 2.19 bits per heavy atom. The summed E-state index contributed by atoms with van der Waals surface area (Å²) in [7, 11) is 1.88. The van der Waals surface area contributed by atoms with Gasteiger partial charge >= 0.3 is 0 Å². The van der Waals surface area contributed by atoms with Gasteiger partial charge in [0.1, 0.15) is 0 Å². The highest BCUT2D eigenvalue weighted by atomic mass is 79.9. The summed E-state index contributed by atoms with van der Waals surface area (Å²) in [5.74, 6) is 0. The minimum atomic E-state index is -0.508. The van der Waals surface area contributed by atoms with Crippen molar-refractivity contribution in [2.24, 2.45) is 7.05 Å². The van der Waals surface area contributed by atoms with Crippen molar-refractivity contribution in [3.63, 3.8) is 0 Å². The smallest absolute Gasteiger partial charge is 0.0854 e. The summed E-state index contributed by atoms with van der Waals surface area (Å²) in [5.41, 5.74) is 1.94. The monoisotopic (exact) mass is 290 g/mol. The van der Waals surface area contributed by atoms with Crippen LogP contribution < -0.4 is 0 Å². The van der Waals surface area contributed by atoms with Gasteiger partial charge in [-0.15, -0.1) is 0 Å². The molecule has 0 amide bonds. The molecular weight excluding hydrogens is 272 g/mol. The minimum Gasteiger partial charge on any atom is -0.390 e. The highest BCUT2D eigenvalue weighted by Crippen LogP contribution is 2.22. The summed E-state index contributed by atoms with van der Waals surface area (Å²) in [6.07, 6.45) is -0.128. The molecule has 0 saturated heterocycles. The number of hydrogen-bond acceptors (Lipinski definition) is 3. The van der Waals surface area contributed by atoms with Gasteiger partial charge in [-0.1, -0.05) is 0 Å². The Morgan fingerprint density at radius 1 is 1.56 bits per heavy atom. The van der Waals surface area contributed by atoms with E-state index in [0.717, 1.165) is 15.9 Å². The highest BCUT2D eigenvalue weighted by molar-refractivity contribution is 9.10. The maximum Gasteiger partial charge on any atom is 0.0854 e. The predicted octanol–water partition coefficient (Wildman–Crippen LogP) is 1.82. The Balaban J connectivity index is 2.72. The molecule has 1 aromatic rings. The van der Waals surface area contributed by atoms with Crippen LogP contribution in [0.3, 0.4) is 0 Å². The molecule has 1 N–H and O–H groups in total. The topological polar surface area (TPSA) is 47.3 Å². The number of rotatable bonds is 5. The summed E-state index contributed by atoms with van der Waals surface area (Å²) in [6, 6.07) is 0. The Kier molecular flexibility index (Phi) is 4.95. The Labute approximate surface area is 105 Å². The fraction of sp³-hybridized carbons (Fsp3) is 0.727. The van der Waals surface area contributed by atoms with Crippen molar-refractivity contribution in [3.8, 4) is 0 Å². The first-order valence-electron chi connectivity index (χ1n) is 5.45. The molecule has 0 bridgehead atoms. The molecule has 5 heteroatoms. The standard InChI is InChI=1S/C11H19BrN2O2/c1-5-16-8(3)10(15)6-9-11(12)7(2)13-14(9)4/h8,10,15H,5-6H2,1-4H3. The van der Waals surface area contributed by atoms with Crippen LogP contribution in [0.4, 0.5) is 0 Å². The Bertz CT molecular complexity index is 352. The van der Waals surface area contributed by atoms with Crippen molar-refractivity contribution in [2.45, 2.75) is 39.4 Å². The molecule has 0 aliphatic carbocycles. The lowest BCUT2D eigenvalue weighted by Gasteiger charge is -2.18. The van der Waals surface area contributed by atoms with Gasteiger partial charge in [-0.25, -0.2) is 0 Å². The zero-order valence-corrected chi connectivity index (χ0v) is 11.8. The molecule has 0 aliphatic heterocycles. The van der Waals surface area contributed by atoms with E-state index in [-0.39, 0.29) is 6.10 Å². The van der Waals surface area contributed by atoms with Crippen LogP contribution >= 0.6 is 15.9 Å². The fourth-order valence-corrected chi connectivity index (χ4v) is 2.14. The average molecular weight is 291 g/mol. The third-order valence-corrected chi connectivity index (χ3v) is 3.67. The molecule has 92 valence electrons. The SMILES string of the molecule is CCOC(C)C(O)Cc1c(Br)c(C)nn1C. The molecular formula is C11H19BrN2O2. The Hall–Kier alpha value is -0.390. The quantitative estimate of drug-likeness (QED) is 0.900. The van der Waals surface area contributed by atoms with Gasteiger partial charge < -0.3 is 9.84 Å². The molecule has 4 nitrogen and oxygen atoms in total. The van der Waals surface area contributed by atoms with Gasteiger partial charge in [0.2, 0.25) is 0 Å². The number of aliphatic hydroxyl groups excluding tert-OH is 1. The molecule has 0 spiro atoms. The second kappa shape index (κ2) is 5.80. The molecule has 16 heavy (non-hydrogen) atoms. The molecule has 0 radical (unpaired) electrons. The van der Waals surface area contributed by atoms with Crippen molar-refractivity contribution in [1.29, 1.82) is 0 Å². The molecule has 1 rings (SSSR count). The van der Waals surface area contributed by atoms with E-state index >= 15 is 0 Å². The van der Waals surface area contributed by atoms with E-state index in [9.17, 15) is 5.11 Å². The van der Waals surface area contributed by atoms with Crippen LogP contribution in [0, 0.1) is 6.92 Å². The molecule has 2 unspecified atom stereocenters. The zero-order valence-electron chi connectivity index (χ0n) is 10.2. The number of aliphatic hydroxyl groups is 1. The van der Waals surface area contributed by atoms with Crippen molar-refractivity contribution >= 4 is 15.9 Å². The van der Waals surface area contributed by atoms with Crippen molar-refractivity contribution in [2.75, 3.05) is 6.61 Å². The van der Waals surface area contributed by atoms with E-state index in [1.54, 1.807) is 4.68 Å². The van der Waals surface area contributed by atoms with E-state index in [2.05, 4.69) is 21.0 Å². The summed E-state index contributed by atoms with van der Waals surface area (Å²) in [5, 5.41) is 14.3. The predicted molar refractivity (Wildman–Crippen MR) is 66.4 cm³/mol. The van der Waals surface area contributed by atoms with Gasteiger partial charge in [-0.05, 0) is 36.7 Å². The first kappa shape index (κ1) is 13.7. The lowest BCUT2D eigenvalue weighted by molar-refractivity contribution is -0.0215. The van der Waals surface area contributed by atoms with E-state index in [0.29, 0.717) is 13.0 Å². The van der Waals surface area contributed by atoms with Gasteiger partial charge in [-0.2, -0.15) is 5.10 Å². The van der Waals surface area contributed by atoms with Gasteiger partial charge in [0.25, 0.3) is 0 Å². The van der Waals surface area contributed by atoms with Crippen LogP contribution in [0.1, 0.15) is 25.2 Å². The lowest BCUT2D eigenvalue weighted by Crippen LogP contribution is -2.29. The molecule has 0 saturated carbocycles. The lowest BCUT2D eigenvalue weighted by atomic mass is 10.1. The van der Waals surface area contributed by atoms with Crippen LogP contribution in [0.5, 0.6) is 0 Å². The summed E-state index contributed by atoms with van der Waals surface area (Å²) >= 11 is 3.48. The van der Waals surface area contributed by atoms with Crippen molar-refractivity contribution in [3.05, 3.63) is 15.9 Å². The van der Waals surface area contributed by atoms with Gasteiger partial charge in [0.05, 0.1) is 28.1 Å². The number of aromatic nitrogens is 2. The second-order valence-electron chi connectivity index (χ2n) is 3.90. The van der Waals surface area contributed by atoms with Crippen LogP contribution in [-0.2, 0) is 18.2 Å². The summed E-state index contributed by atoms with van der Waals surface area (Å²) in [4.78, 5) is 0. The van der Waals surface area contributed by atoms with Crippen molar-refractivity contribution < 1.29 is 9.84 Å². The molecule has 1 aromatic heterocycles. The molecule has 1 heterocycles. The number of halogens is 1. The molecule has 2 atom stereocenters. The average Bonchev–Trinajstić information content (AvgIpc) is 2.45. The molecule has 0 aromatic carbocycles. The van der Waals surface area contributed by atoms with Crippen LogP contribution in [0.25, 0.3) is 0 Å². The number of ether oxygens (including phenoxy) is 1. The first-order valence-corrected chi connectivity index (χ1v) is 6.24. The normalized spacial score (nSPS) is 15.1. The second-order valence-corrected chi connectivity index (χ2v) is 4.69. The maximum absolute atomic E-state index is 9.97. The van der Waals surface area contributed by atoms with E-state index in [1.807, 2.05) is 27.8 Å². The third kappa shape index (κ3) is 3.06. The maximum atomic E-state index is 9.97. The molecule has 0 aliphatic rings. The van der Waals surface area contributed by atoms with Gasteiger partial charge in [0.15, 0.2) is 0 Å². The van der Waals surface area contributed by atoms with Crippen molar-refractivity contribution in [1.82, 2.24) is 9.78 Å². The van der Waals surface area contributed by atoms with E-state index in [4.69, 9.17) is 4.74 Å². The Morgan fingerprint density at radius 3 is 2.62 bits per heavy atom. The third-order valence-electron chi connectivity index (χ3n) is 2.64. The largest absolute Gasteiger partial charge is 0.390 e. The minimum absolute atomic E-state index is 0.160. The van der Waals surface area contributed by atoms with Gasteiger partial charge in [-0.3, -0.25) is 4.68 Å². The fourth-order valence-electron chi connectivity index (χ4n) is 1.64. The zero-order chi connectivity index (χ0) is 12.3. The van der Waals surface area contributed by atoms with E-state index in [1.165, 1.54) is 0 Å². The summed E-state index contributed by atoms with van der Waals surface area (Å²) in [6.45, 7) is 6.36. The van der Waals surface area contributed by atoms with Crippen LogP contribution in [-0.4, -0.2) is 33.7 Å².